The van der Waals surface area contributed by atoms with Gasteiger partial charge in [-0.2, -0.15) is 0 Å². The number of hydrogen-bond acceptors (Lipinski definition) is 4. The van der Waals surface area contributed by atoms with Gasteiger partial charge in [-0.25, -0.2) is 9.37 Å². The highest BCUT2D eigenvalue weighted by atomic mass is 32.1. The van der Waals surface area contributed by atoms with Gasteiger partial charge in [0.1, 0.15) is 15.7 Å². The molecule has 1 aromatic carbocycles. The van der Waals surface area contributed by atoms with Crippen molar-refractivity contribution in [1.82, 2.24) is 9.88 Å². The molecule has 3 aromatic rings. The first-order valence-electron chi connectivity index (χ1n) is 8.26. The fourth-order valence-corrected chi connectivity index (χ4v) is 4.96. The molecule has 128 valence electrons. The van der Waals surface area contributed by atoms with Crippen molar-refractivity contribution in [2.24, 2.45) is 0 Å². The van der Waals surface area contributed by atoms with Gasteiger partial charge in [0.2, 0.25) is 0 Å². The lowest BCUT2D eigenvalue weighted by Gasteiger charge is -2.24. The summed E-state index contributed by atoms with van der Waals surface area (Å²) in [7, 11) is 0. The summed E-state index contributed by atoms with van der Waals surface area (Å²) in [5.74, 6) is -0.185. The van der Waals surface area contributed by atoms with E-state index in [-0.39, 0.29) is 17.8 Å². The predicted molar refractivity (Wildman–Crippen MR) is 99.6 cm³/mol. The zero-order chi connectivity index (χ0) is 17.2. The molecule has 0 aliphatic carbocycles. The fourth-order valence-electron chi connectivity index (χ4n) is 3.28. The average molecular weight is 372 g/mol. The second-order valence-corrected chi connectivity index (χ2v) is 8.11. The van der Waals surface area contributed by atoms with Crippen molar-refractivity contribution >= 4 is 28.6 Å². The maximum absolute atomic E-state index is 13.4. The molecular formula is C19H17FN2OS2. The molecule has 0 N–H and O–H groups in total. The number of carbonyl (C=O) groups is 1. The van der Waals surface area contributed by atoms with Crippen molar-refractivity contribution in [1.29, 1.82) is 0 Å². The van der Waals surface area contributed by atoms with E-state index in [1.807, 2.05) is 28.5 Å². The van der Waals surface area contributed by atoms with Crippen LogP contribution in [0.1, 0.15) is 28.1 Å². The summed E-state index contributed by atoms with van der Waals surface area (Å²) in [6, 6.07) is 10.8. The maximum Gasteiger partial charge on any atom is 0.265 e. The van der Waals surface area contributed by atoms with Crippen molar-refractivity contribution in [3.63, 3.8) is 0 Å². The number of nitrogens with zero attached hydrogens (tertiary/aromatic N) is 2. The maximum atomic E-state index is 13.4. The number of rotatable bonds is 4. The number of thiophene rings is 1. The number of likely N-dealkylation sites (tertiary alicyclic amines) is 1. The predicted octanol–water partition coefficient (Wildman–Crippen LogP) is 4.86. The van der Waals surface area contributed by atoms with Crippen LogP contribution >= 0.6 is 22.7 Å². The van der Waals surface area contributed by atoms with Gasteiger partial charge in [0.05, 0.1) is 11.1 Å². The van der Waals surface area contributed by atoms with Crippen molar-refractivity contribution in [3.8, 4) is 9.88 Å². The molecule has 1 aliphatic rings. The number of aromatic nitrogens is 1. The van der Waals surface area contributed by atoms with E-state index in [0.29, 0.717) is 11.3 Å². The molecule has 3 heterocycles. The Morgan fingerprint density at radius 2 is 2.24 bits per heavy atom. The molecule has 1 unspecified atom stereocenters. The van der Waals surface area contributed by atoms with Crippen molar-refractivity contribution in [3.05, 3.63) is 64.2 Å². The highest BCUT2D eigenvalue weighted by Gasteiger charge is 2.30. The van der Waals surface area contributed by atoms with Crippen LogP contribution in [0.4, 0.5) is 4.39 Å². The minimum atomic E-state index is -0.226. The summed E-state index contributed by atoms with van der Waals surface area (Å²) >= 11 is 3.07. The Kier molecular flexibility index (Phi) is 4.63. The van der Waals surface area contributed by atoms with Crippen LogP contribution in [0.3, 0.4) is 0 Å². The molecule has 6 heteroatoms. The molecule has 0 bridgehead atoms. The molecule has 0 spiro atoms. The first-order chi connectivity index (χ1) is 12.2. The van der Waals surface area contributed by atoms with E-state index in [2.05, 4.69) is 4.98 Å². The van der Waals surface area contributed by atoms with E-state index in [1.54, 1.807) is 29.7 Å². The highest BCUT2D eigenvalue weighted by Crippen LogP contribution is 2.31. The van der Waals surface area contributed by atoms with Gasteiger partial charge in [-0.3, -0.25) is 4.79 Å². The first kappa shape index (κ1) is 16.4. The largest absolute Gasteiger partial charge is 0.335 e. The lowest BCUT2D eigenvalue weighted by molar-refractivity contribution is 0.0741. The van der Waals surface area contributed by atoms with E-state index in [1.165, 1.54) is 17.4 Å². The van der Waals surface area contributed by atoms with Gasteiger partial charge in [0.25, 0.3) is 5.91 Å². The molecule has 1 amide bonds. The Balaban J connectivity index is 1.51. The van der Waals surface area contributed by atoms with Crippen molar-refractivity contribution < 1.29 is 9.18 Å². The molecule has 1 fully saturated rings. The van der Waals surface area contributed by atoms with Crippen molar-refractivity contribution in [2.75, 3.05) is 6.54 Å². The van der Waals surface area contributed by atoms with Crippen LogP contribution in [0, 0.1) is 5.82 Å². The number of carbonyl (C=O) groups excluding carboxylic acids is 1. The van der Waals surface area contributed by atoms with Crippen LogP contribution < -0.4 is 0 Å². The third kappa shape index (κ3) is 3.50. The Labute approximate surface area is 153 Å². The second kappa shape index (κ2) is 7.06. The van der Waals surface area contributed by atoms with Crippen molar-refractivity contribution in [2.45, 2.75) is 25.3 Å². The Morgan fingerprint density at radius 1 is 1.32 bits per heavy atom. The van der Waals surface area contributed by atoms with E-state index in [4.69, 9.17) is 0 Å². The molecule has 0 saturated carbocycles. The van der Waals surface area contributed by atoms with E-state index in [0.717, 1.165) is 34.8 Å². The topological polar surface area (TPSA) is 33.2 Å². The van der Waals surface area contributed by atoms with Gasteiger partial charge in [0, 0.05) is 12.6 Å². The summed E-state index contributed by atoms with van der Waals surface area (Å²) in [6.45, 7) is 0.755. The van der Waals surface area contributed by atoms with Gasteiger partial charge in [0.15, 0.2) is 0 Å². The summed E-state index contributed by atoms with van der Waals surface area (Å²) in [5, 5.41) is 2.90. The molecule has 25 heavy (non-hydrogen) atoms. The third-order valence-corrected chi connectivity index (χ3v) is 6.47. The Hall–Kier alpha value is -2.05. The molecule has 2 aromatic heterocycles. The summed E-state index contributed by atoms with van der Waals surface area (Å²) in [5.41, 5.74) is 0.938. The average Bonchev–Trinajstić information content (AvgIpc) is 3.35. The minimum Gasteiger partial charge on any atom is -0.335 e. The molecular weight excluding hydrogens is 355 g/mol. The molecule has 1 aliphatic heterocycles. The zero-order valence-electron chi connectivity index (χ0n) is 13.5. The van der Waals surface area contributed by atoms with Crippen LogP contribution in [0.25, 0.3) is 9.88 Å². The quantitative estimate of drug-likeness (QED) is 0.655. The summed E-state index contributed by atoms with van der Waals surface area (Å²) in [6.07, 6.45) is 4.32. The number of halogens is 1. The van der Waals surface area contributed by atoms with Crippen LogP contribution in [0.5, 0.6) is 0 Å². The SMILES string of the molecule is O=C(c1cnc(-c2cccs2)s1)N1CCCC1Cc1cccc(F)c1. The number of benzene rings is 1. The number of thiazole rings is 1. The van der Waals surface area contributed by atoms with E-state index >= 15 is 0 Å². The molecule has 0 radical (unpaired) electrons. The smallest absolute Gasteiger partial charge is 0.265 e. The standard InChI is InChI=1S/C19H17FN2OS2/c20-14-5-1-4-13(10-14)11-15-6-2-8-22(15)19(23)17-12-21-18(25-17)16-7-3-9-24-16/h1,3-5,7,9-10,12,15H,2,6,8,11H2. The van der Waals surface area contributed by atoms with Gasteiger partial charge in [-0.15, -0.1) is 22.7 Å². The lowest BCUT2D eigenvalue weighted by Crippen LogP contribution is -2.36. The van der Waals surface area contributed by atoms with Gasteiger partial charge < -0.3 is 4.90 Å². The molecule has 1 saturated heterocycles. The second-order valence-electron chi connectivity index (χ2n) is 6.14. The molecule has 1 atom stereocenters. The number of hydrogen-bond donors (Lipinski definition) is 0. The molecule has 4 rings (SSSR count). The minimum absolute atomic E-state index is 0.0409. The van der Waals surface area contributed by atoms with Gasteiger partial charge in [-0.05, 0) is 48.4 Å². The molecule has 3 nitrogen and oxygen atoms in total. The zero-order valence-corrected chi connectivity index (χ0v) is 15.2. The fraction of sp³-hybridized carbons (Fsp3) is 0.263. The van der Waals surface area contributed by atoms with Crippen LogP contribution in [0.15, 0.2) is 48.0 Å². The van der Waals surface area contributed by atoms with Crippen LogP contribution in [0.2, 0.25) is 0 Å². The Morgan fingerprint density at radius 3 is 3.04 bits per heavy atom. The summed E-state index contributed by atoms with van der Waals surface area (Å²) in [4.78, 5) is 21.0. The highest BCUT2D eigenvalue weighted by molar-refractivity contribution is 7.21. The first-order valence-corrected chi connectivity index (χ1v) is 9.95. The lowest BCUT2D eigenvalue weighted by atomic mass is 10.0. The normalized spacial score (nSPS) is 17.2. The number of amides is 1. The van der Waals surface area contributed by atoms with Crippen LogP contribution in [-0.2, 0) is 6.42 Å². The van der Waals surface area contributed by atoms with Crippen LogP contribution in [-0.4, -0.2) is 28.4 Å². The Bertz CT molecular complexity index is 875. The third-order valence-electron chi connectivity index (χ3n) is 4.45. The van der Waals surface area contributed by atoms with E-state index in [9.17, 15) is 9.18 Å². The van der Waals surface area contributed by atoms with Gasteiger partial charge >= 0.3 is 0 Å². The van der Waals surface area contributed by atoms with Gasteiger partial charge in [-0.1, -0.05) is 18.2 Å². The van der Waals surface area contributed by atoms with E-state index < -0.39 is 0 Å². The summed E-state index contributed by atoms with van der Waals surface area (Å²) < 4.78 is 13.4. The monoisotopic (exact) mass is 372 g/mol.